The van der Waals surface area contributed by atoms with Crippen LogP contribution in [-0.4, -0.2) is 24.7 Å². The average molecular weight is 261 g/mol. The lowest BCUT2D eigenvalue weighted by atomic mass is 9.99. The second kappa shape index (κ2) is 5.59. The maximum absolute atomic E-state index is 11.3. The van der Waals surface area contributed by atoms with Gasteiger partial charge in [0.25, 0.3) is 10.1 Å². The number of rotatable bonds is 3. The van der Waals surface area contributed by atoms with Gasteiger partial charge in [-0.05, 0) is 49.4 Å². The Morgan fingerprint density at radius 2 is 1.71 bits per heavy atom. The van der Waals surface area contributed by atoms with Crippen molar-refractivity contribution in [3.05, 3.63) is 28.3 Å². The SMILES string of the molecule is Cc1cc(CCO)c(S(=O)(=O)O)c(C)c1C.N. The standard InChI is InChI=1S/C11H16O4S.H3N/c1-7-6-10(4-5-12)11(16(13,14)15)9(3)8(7)2;/h6,12H,4-5H2,1-3H3,(H,13,14,15);1H3. The summed E-state index contributed by atoms with van der Waals surface area (Å²) in [4.78, 5) is -0.0651. The minimum atomic E-state index is -4.24. The fourth-order valence-corrected chi connectivity index (χ4v) is 2.84. The Hall–Kier alpha value is -0.950. The maximum atomic E-state index is 11.3. The summed E-state index contributed by atoms with van der Waals surface area (Å²) in [6, 6.07) is 1.70. The maximum Gasteiger partial charge on any atom is 0.295 e. The molecule has 6 heteroatoms. The van der Waals surface area contributed by atoms with Gasteiger partial charge in [0.05, 0.1) is 0 Å². The van der Waals surface area contributed by atoms with Crippen molar-refractivity contribution in [1.29, 1.82) is 0 Å². The lowest BCUT2D eigenvalue weighted by Gasteiger charge is -2.14. The van der Waals surface area contributed by atoms with Crippen LogP contribution in [0.4, 0.5) is 0 Å². The summed E-state index contributed by atoms with van der Waals surface area (Å²) in [5, 5.41) is 8.88. The molecule has 0 spiro atoms. The molecule has 0 saturated heterocycles. The Kier molecular flexibility index (Phi) is 5.28. The van der Waals surface area contributed by atoms with Crippen molar-refractivity contribution in [2.24, 2.45) is 0 Å². The normalized spacial score (nSPS) is 11.1. The Morgan fingerprint density at radius 3 is 2.12 bits per heavy atom. The Labute approximate surface area is 102 Å². The van der Waals surface area contributed by atoms with Gasteiger partial charge in [0.15, 0.2) is 0 Å². The summed E-state index contributed by atoms with van der Waals surface area (Å²) >= 11 is 0. The van der Waals surface area contributed by atoms with E-state index in [1.165, 1.54) is 0 Å². The number of aliphatic hydroxyl groups is 1. The van der Waals surface area contributed by atoms with Crippen LogP contribution in [0.5, 0.6) is 0 Å². The second-order valence-corrected chi connectivity index (χ2v) is 5.24. The molecule has 0 aromatic heterocycles. The van der Waals surface area contributed by atoms with Crippen molar-refractivity contribution in [1.82, 2.24) is 6.15 Å². The van der Waals surface area contributed by atoms with Crippen molar-refractivity contribution in [2.75, 3.05) is 6.61 Å². The average Bonchev–Trinajstić information content (AvgIpc) is 2.12. The molecule has 0 aliphatic rings. The fraction of sp³-hybridized carbons (Fsp3) is 0.455. The molecule has 1 aromatic rings. The third-order valence-electron chi connectivity index (χ3n) is 2.82. The zero-order valence-corrected chi connectivity index (χ0v) is 11.1. The summed E-state index contributed by atoms with van der Waals surface area (Å²) < 4.78 is 31.8. The molecule has 98 valence electrons. The first kappa shape index (κ1) is 16.1. The van der Waals surface area contributed by atoms with E-state index in [9.17, 15) is 13.0 Å². The van der Waals surface area contributed by atoms with E-state index in [0.29, 0.717) is 11.1 Å². The van der Waals surface area contributed by atoms with Crippen molar-refractivity contribution >= 4 is 10.1 Å². The molecule has 17 heavy (non-hydrogen) atoms. The van der Waals surface area contributed by atoms with Crippen LogP contribution >= 0.6 is 0 Å². The minimum absolute atomic E-state index is 0. The first-order valence-electron chi connectivity index (χ1n) is 4.97. The Bertz CT molecular complexity index is 509. The van der Waals surface area contributed by atoms with Gasteiger partial charge in [-0.15, -0.1) is 0 Å². The second-order valence-electron chi connectivity index (χ2n) is 3.88. The lowest BCUT2D eigenvalue weighted by molar-refractivity contribution is 0.298. The molecule has 1 rings (SSSR count). The van der Waals surface area contributed by atoms with Crippen LogP contribution in [-0.2, 0) is 16.5 Å². The highest BCUT2D eigenvalue weighted by Crippen LogP contribution is 2.26. The van der Waals surface area contributed by atoms with Crippen molar-refractivity contribution in [3.63, 3.8) is 0 Å². The van der Waals surface area contributed by atoms with E-state index in [2.05, 4.69) is 0 Å². The van der Waals surface area contributed by atoms with E-state index < -0.39 is 10.1 Å². The van der Waals surface area contributed by atoms with Crippen LogP contribution in [0.25, 0.3) is 0 Å². The molecule has 0 aliphatic heterocycles. The van der Waals surface area contributed by atoms with Crippen molar-refractivity contribution in [2.45, 2.75) is 32.1 Å². The van der Waals surface area contributed by atoms with E-state index in [-0.39, 0.29) is 24.1 Å². The molecule has 0 atom stereocenters. The minimum Gasteiger partial charge on any atom is -0.396 e. The molecular formula is C11H19NO4S. The van der Waals surface area contributed by atoms with Gasteiger partial charge in [-0.25, -0.2) is 0 Å². The van der Waals surface area contributed by atoms with Gasteiger partial charge >= 0.3 is 0 Å². The summed E-state index contributed by atoms with van der Waals surface area (Å²) in [6.45, 7) is 5.19. The van der Waals surface area contributed by atoms with E-state index >= 15 is 0 Å². The quantitative estimate of drug-likeness (QED) is 0.715. The molecular weight excluding hydrogens is 242 g/mol. The monoisotopic (exact) mass is 261 g/mol. The highest BCUT2D eigenvalue weighted by Gasteiger charge is 2.20. The van der Waals surface area contributed by atoms with Crippen LogP contribution in [0.2, 0.25) is 0 Å². The first-order chi connectivity index (χ1) is 7.29. The fourth-order valence-electron chi connectivity index (χ4n) is 1.81. The summed E-state index contributed by atoms with van der Waals surface area (Å²) in [7, 11) is -4.24. The highest BCUT2D eigenvalue weighted by atomic mass is 32.2. The highest BCUT2D eigenvalue weighted by molar-refractivity contribution is 7.86. The summed E-state index contributed by atoms with van der Waals surface area (Å²) in [5.74, 6) is 0. The van der Waals surface area contributed by atoms with Crippen LogP contribution in [0.1, 0.15) is 22.3 Å². The molecule has 0 amide bonds. The molecule has 5 N–H and O–H groups in total. The van der Waals surface area contributed by atoms with Crippen LogP contribution in [0, 0.1) is 20.8 Å². The van der Waals surface area contributed by atoms with Gasteiger partial charge in [-0.2, -0.15) is 8.42 Å². The molecule has 0 heterocycles. The topological polar surface area (TPSA) is 110 Å². The van der Waals surface area contributed by atoms with E-state index in [1.807, 2.05) is 13.8 Å². The molecule has 5 nitrogen and oxygen atoms in total. The van der Waals surface area contributed by atoms with Crippen molar-refractivity contribution in [3.8, 4) is 0 Å². The molecule has 0 saturated carbocycles. The number of hydrogen-bond acceptors (Lipinski definition) is 4. The van der Waals surface area contributed by atoms with Gasteiger partial charge in [0.1, 0.15) is 4.90 Å². The first-order valence-corrected chi connectivity index (χ1v) is 6.41. The van der Waals surface area contributed by atoms with Crippen LogP contribution in [0.15, 0.2) is 11.0 Å². The zero-order valence-electron chi connectivity index (χ0n) is 10.3. The van der Waals surface area contributed by atoms with Gasteiger partial charge in [0.2, 0.25) is 0 Å². The third kappa shape index (κ3) is 3.26. The van der Waals surface area contributed by atoms with Gasteiger partial charge < -0.3 is 11.3 Å². The van der Waals surface area contributed by atoms with E-state index in [4.69, 9.17) is 5.11 Å². The van der Waals surface area contributed by atoms with Gasteiger partial charge in [-0.1, -0.05) is 6.07 Å². The number of hydrogen-bond donors (Lipinski definition) is 3. The smallest absolute Gasteiger partial charge is 0.295 e. The Morgan fingerprint density at radius 1 is 1.18 bits per heavy atom. The molecule has 0 fully saturated rings. The third-order valence-corrected chi connectivity index (χ3v) is 3.90. The van der Waals surface area contributed by atoms with Crippen molar-refractivity contribution < 1.29 is 18.1 Å². The Balaban J connectivity index is 0.00000256. The van der Waals surface area contributed by atoms with Gasteiger partial charge in [0, 0.05) is 6.61 Å². The predicted molar refractivity (Wildman–Crippen MR) is 66.3 cm³/mol. The number of benzene rings is 1. The van der Waals surface area contributed by atoms with Crippen LogP contribution in [0.3, 0.4) is 0 Å². The molecule has 0 unspecified atom stereocenters. The molecule has 1 aromatic carbocycles. The molecule has 0 radical (unpaired) electrons. The van der Waals surface area contributed by atoms with Crippen LogP contribution < -0.4 is 6.15 Å². The molecule has 0 aliphatic carbocycles. The number of aliphatic hydroxyl groups excluding tert-OH is 1. The lowest BCUT2D eigenvalue weighted by Crippen LogP contribution is -2.09. The predicted octanol–water partition coefficient (Wildman–Crippen LogP) is 1.56. The molecule has 0 bridgehead atoms. The van der Waals surface area contributed by atoms with E-state index in [1.54, 1.807) is 13.0 Å². The van der Waals surface area contributed by atoms with Gasteiger partial charge in [-0.3, -0.25) is 4.55 Å². The summed E-state index contributed by atoms with van der Waals surface area (Å²) in [6.07, 6.45) is 0.219. The number of aryl methyl sites for hydroxylation is 1. The summed E-state index contributed by atoms with van der Waals surface area (Å²) in [5.41, 5.74) is 2.80. The van der Waals surface area contributed by atoms with E-state index in [0.717, 1.165) is 11.1 Å². The largest absolute Gasteiger partial charge is 0.396 e. The zero-order chi connectivity index (χ0) is 12.5.